The van der Waals surface area contributed by atoms with Gasteiger partial charge in [0, 0.05) is 13.0 Å². The Labute approximate surface area is 142 Å². The zero-order chi connectivity index (χ0) is 18.5. The van der Waals surface area contributed by atoms with Crippen molar-refractivity contribution in [3.63, 3.8) is 0 Å². The highest BCUT2D eigenvalue weighted by Gasteiger charge is 2.32. The van der Waals surface area contributed by atoms with Gasteiger partial charge in [-0.05, 0) is 18.9 Å². The quantitative estimate of drug-likeness (QED) is 0.499. The highest BCUT2D eigenvalue weighted by molar-refractivity contribution is 7.91. The first-order chi connectivity index (χ1) is 11.2. The second-order valence-electron chi connectivity index (χ2n) is 4.60. The van der Waals surface area contributed by atoms with E-state index in [0.717, 1.165) is 14.2 Å². The Kier molecular flexibility index (Phi) is 6.87. The van der Waals surface area contributed by atoms with E-state index < -0.39 is 27.9 Å². The second-order valence-corrected chi connectivity index (χ2v) is 7.58. The number of hydrogen-bond donors (Lipinski definition) is 2. The fraction of sp³-hybridized carbons (Fsp3) is 0.462. The monoisotopic (exact) mass is 379 g/mol. The Hall–Kier alpha value is -1.98. The number of carboxylic acids is 1. The summed E-state index contributed by atoms with van der Waals surface area (Å²) in [5, 5.41) is 8.55. The lowest BCUT2D eigenvalue weighted by atomic mass is 10.2. The summed E-state index contributed by atoms with van der Waals surface area (Å²) in [7, 11) is -1.89. The maximum absolute atomic E-state index is 12.4. The molecule has 1 heterocycles. The molecule has 0 amide bonds. The smallest absolute Gasteiger partial charge is 0.348 e. The largest absolute Gasteiger partial charge is 0.481 e. The summed E-state index contributed by atoms with van der Waals surface area (Å²) < 4.78 is 35.8. The molecule has 1 aromatic rings. The molecular formula is C13H17NO8S2. The molecule has 0 atom stereocenters. The molecule has 0 aromatic carbocycles. The molecular weight excluding hydrogens is 362 g/mol. The van der Waals surface area contributed by atoms with Crippen LogP contribution in [0, 0.1) is 6.92 Å². The van der Waals surface area contributed by atoms with E-state index in [1.165, 1.54) is 6.92 Å². The van der Waals surface area contributed by atoms with Crippen LogP contribution in [-0.2, 0) is 24.3 Å². The maximum Gasteiger partial charge on any atom is 0.348 e. The number of carbonyl (C=O) groups is 3. The molecule has 9 nitrogen and oxygen atoms in total. The zero-order valence-corrected chi connectivity index (χ0v) is 14.9. The minimum Gasteiger partial charge on any atom is -0.481 e. The summed E-state index contributed by atoms with van der Waals surface area (Å²) in [5.74, 6) is -2.72. The van der Waals surface area contributed by atoms with Gasteiger partial charge in [-0.2, -0.15) is 0 Å². The van der Waals surface area contributed by atoms with Gasteiger partial charge in [-0.1, -0.05) is 0 Å². The van der Waals surface area contributed by atoms with Crippen molar-refractivity contribution >= 4 is 39.3 Å². The van der Waals surface area contributed by atoms with E-state index in [4.69, 9.17) is 5.11 Å². The van der Waals surface area contributed by atoms with Crippen molar-refractivity contribution in [3.05, 3.63) is 16.0 Å². The third-order valence-corrected chi connectivity index (χ3v) is 6.23. The van der Waals surface area contributed by atoms with Gasteiger partial charge in [0.15, 0.2) is 4.21 Å². The van der Waals surface area contributed by atoms with Crippen LogP contribution in [0.1, 0.15) is 38.4 Å². The number of nitrogens with one attached hydrogen (secondary N) is 1. The van der Waals surface area contributed by atoms with Gasteiger partial charge >= 0.3 is 17.9 Å². The van der Waals surface area contributed by atoms with Gasteiger partial charge in [-0.3, -0.25) is 4.79 Å². The van der Waals surface area contributed by atoms with Gasteiger partial charge in [0.2, 0.25) is 0 Å². The van der Waals surface area contributed by atoms with Crippen LogP contribution < -0.4 is 4.72 Å². The van der Waals surface area contributed by atoms with E-state index >= 15 is 0 Å². The van der Waals surface area contributed by atoms with E-state index in [2.05, 4.69) is 14.2 Å². The topological polar surface area (TPSA) is 136 Å². The Morgan fingerprint density at radius 3 is 2.25 bits per heavy atom. The molecule has 0 radical (unpaired) electrons. The van der Waals surface area contributed by atoms with Crippen LogP contribution in [0.5, 0.6) is 0 Å². The van der Waals surface area contributed by atoms with Gasteiger partial charge in [-0.25, -0.2) is 22.7 Å². The first kappa shape index (κ1) is 20.1. The molecule has 0 saturated carbocycles. The third kappa shape index (κ3) is 4.52. The zero-order valence-electron chi connectivity index (χ0n) is 13.2. The summed E-state index contributed by atoms with van der Waals surface area (Å²) in [4.78, 5) is 34.1. The Morgan fingerprint density at radius 1 is 1.17 bits per heavy atom. The minimum absolute atomic E-state index is 0.0242. The van der Waals surface area contributed by atoms with Crippen molar-refractivity contribution in [3.8, 4) is 0 Å². The van der Waals surface area contributed by atoms with Gasteiger partial charge in [0.05, 0.1) is 19.8 Å². The fourth-order valence-electron chi connectivity index (χ4n) is 1.81. The third-order valence-electron chi connectivity index (χ3n) is 2.98. The van der Waals surface area contributed by atoms with Crippen molar-refractivity contribution in [2.24, 2.45) is 0 Å². The predicted molar refractivity (Wildman–Crippen MR) is 83.8 cm³/mol. The number of sulfonamides is 1. The molecule has 134 valence electrons. The Bertz CT molecular complexity index is 750. The van der Waals surface area contributed by atoms with E-state index in [1.807, 2.05) is 0 Å². The van der Waals surface area contributed by atoms with Crippen molar-refractivity contribution in [1.29, 1.82) is 0 Å². The summed E-state index contributed by atoms with van der Waals surface area (Å²) >= 11 is 0.592. The van der Waals surface area contributed by atoms with Crippen LogP contribution in [-0.4, -0.2) is 52.2 Å². The number of carboxylic acid groups (broad SMARTS) is 1. The molecule has 0 aliphatic heterocycles. The number of aliphatic carboxylic acids is 1. The van der Waals surface area contributed by atoms with Gasteiger partial charge < -0.3 is 14.6 Å². The summed E-state index contributed by atoms with van der Waals surface area (Å²) in [6, 6.07) is 0. The lowest BCUT2D eigenvalue weighted by molar-refractivity contribution is -0.137. The van der Waals surface area contributed by atoms with Crippen molar-refractivity contribution in [1.82, 2.24) is 4.72 Å². The van der Waals surface area contributed by atoms with E-state index in [9.17, 15) is 22.8 Å². The van der Waals surface area contributed by atoms with Gasteiger partial charge in [-0.15, -0.1) is 11.3 Å². The van der Waals surface area contributed by atoms with Crippen LogP contribution in [0.3, 0.4) is 0 Å². The SMILES string of the molecule is COC(=O)c1sc(S(=O)(=O)NCCCC(=O)O)c(C(=O)OC)c1C. The molecule has 0 aliphatic carbocycles. The number of methoxy groups -OCH3 is 2. The molecule has 0 bridgehead atoms. The number of carbonyl (C=O) groups excluding carboxylic acids is 2. The second kappa shape index (κ2) is 8.22. The van der Waals surface area contributed by atoms with Crippen LogP contribution in [0.15, 0.2) is 4.21 Å². The number of ether oxygens (including phenoxy) is 2. The molecule has 0 aliphatic rings. The highest BCUT2D eigenvalue weighted by Crippen LogP contribution is 2.33. The number of esters is 2. The first-order valence-corrected chi connectivity index (χ1v) is 8.97. The minimum atomic E-state index is -4.12. The summed E-state index contributed by atoms with van der Waals surface area (Å²) in [5.41, 5.74) is -0.0988. The Morgan fingerprint density at radius 2 is 1.75 bits per heavy atom. The molecule has 11 heteroatoms. The van der Waals surface area contributed by atoms with E-state index in [0.29, 0.717) is 11.3 Å². The van der Waals surface area contributed by atoms with Crippen molar-refractivity contribution in [2.75, 3.05) is 20.8 Å². The van der Waals surface area contributed by atoms with E-state index in [1.54, 1.807) is 0 Å². The van der Waals surface area contributed by atoms with Crippen LogP contribution >= 0.6 is 11.3 Å². The van der Waals surface area contributed by atoms with Gasteiger partial charge in [0.1, 0.15) is 4.88 Å². The molecule has 0 unspecified atom stereocenters. The van der Waals surface area contributed by atoms with Crippen LogP contribution in [0.25, 0.3) is 0 Å². The lowest BCUT2D eigenvalue weighted by Gasteiger charge is -2.06. The van der Waals surface area contributed by atoms with Crippen molar-refractivity contribution < 1.29 is 37.4 Å². The van der Waals surface area contributed by atoms with Gasteiger partial charge in [0.25, 0.3) is 10.0 Å². The van der Waals surface area contributed by atoms with E-state index in [-0.39, 0.29) is 39.6 Å². The Balaban J connectivity index is 3.22. The molecule has 0 fully saturated rings. The maximum atomic E-state index is 12.4. The summed E-state index contributed by atoms with van der Waals surface area (Å²) in [6.45, 7) is 1.29. The van der Waals surface area contributed by atoms with Crippen LogP contribution in [0.2, 0.25) is 0 Å². The average Bonchev–Trinajstić information content (AvgIpc) is 2.88. The predicted octanol–water partition coefficient (Wildman–Crippen LogP) is 0.773. The lowest BCUT2D eigenvalue weighted by Crippen LogP contribution is -2.26. The summed E-state index contributed by atoms with van der Waals surface area (Å²) in [6.07, 6.45) is -0.125. The number of hydrogen-bond acceptors (Lipinski definition) is 8. The standard InChI is InChI=1S/C13H17NO8S2/c1-7-9(11(17)21-2)13(23-10(7)12(18)22-3)24(19,20)14-6-4-5-8(15)16/h14H,4-6H2,1-3H3,(H,15,16). The van der Waals surface area contributed by atoms with Crippen molar-refractivity contribution in [2.45, 2.75) is 24.0 Å². The van der Waals surface area contributed by atoms with Crippen LogP contribution in [0.4, 0.5) is 0 Å². The molecule has 0 spiro atoms. The molecule has 1 rings (SSSR count). The number of thiophene rings is 1. The average molecular weight is 379 g/mol. The highest BCUT2D eigenvalue weighted by atomic mass is 32.2. The number of rotatable bonds is 8. The normalized spacial score (nSPS) is 11.1. The molecule has 2 N–H and O–H groups in total. The molecule has 24 heavy (non-hydrogen) atoms. The molecule has 1 aromatic heterocycles. The molecule has 0 saturated heterocycles. The fourth-order valence-corrected chi connectivity index (χ4v) is 4.67. The first-order valence-electron chi connectivity index (χ1n) is 6.67.